The van der Waals surface area contributed by atoms with E-state index >= 15 is 0 Å². The molecule has 0 saturated heterocycles. The van der Waals surface area contributed by atoms with Crippen molar-refractivity contribution in [3.05, 3.63) is 66.4 Å². The summed E-state index contributed by atoms with van der Waals surface area (Å²) in [7, 11) is -3.38. The van der Waals surface area contributed by atoms with Crippen LogP contribution in [0.3, 0.4) is 0 Å². The molecular weight excluding hydrogens is 282 g/mol. The molecule has 110 valence electrons. The average Bonchev–Trinajstić information content (AvgIpc) is 2.49. The highest BCUT2D eigenvalue weighted by Gasteiger charge is 2.39. The van der Waals surface area contributed by atoms with Crippen molar-refractivity contribution in [1.82, 2.24) is 0 Å². The first kappa shape index (κ1) is 14.1. The summed E-state index contributed by atoms with van der Waals surface area (Å²) in [5.74, 6) is 0. The molecule has 2 aliphatic rings. The molecule has 1 atom stereocenters. The minimum atomic E-state index is -3.38. The van der Waals surface area contributed by atoms with Gasteiger partial charge in [0.15, 0.2) is 0 Å². The lowest BCUT2D eigenvalue weighted by molar-refractivity contribution is 0.570. The van der Waals surface area contributed by atoms with Gasteiger partial charge in [-0.25, -0.2) is 12.7 Å². The molecule has 1 unspecified atom stereocenters. The first-order chi connectivity index (χ1) is 10.1. The lowest BCUT2D eigenvalue weighted by Crippen LogP contribution is -2.43. The molecule has 0 N–H and O–H groups in total. The maximum Gasteiger partial charge on any atom is 0.242 e. The standard InChI is InChI=1S/C17H19NO2S/c1-2-8-16-13-14-9-6-7-12-17(14)18(21(16,19)20)15-10-4-3-5-11-15/h2-4,6-7,9-10,12,16H,1,5,8,11,13H2. The minimum Gasteiger partial charge on any atom is -0.242 e. The number of hydrogen-bond acceptors (Lipinski definition) is 2. The zero-order valence-electron chi connectivity index (χ0n) is 11.9. The van der Waals surface area contributed by atoms with Gasteiger partial charge in [-0.3, -0.25) is 0 Å². The van der Waals surface area contributed by atoms with Gasteiger partial charge in [0.2, 0.25) is 10.0 Å². The predicted molar refractivity (Wildman–Crippen MR) is 86.6 cm³/mol. The maximum absolute atomic E-state index is 13.0. The van der Waals surface area contributed by atoms with Crippen molar-refractivity contribution in [1.29, 1.82) is 0 Å². The van der Waals surface area contributed by atoms with Crippen LogP contribution in [0.25, 0.3) is 0 Å². The summed E-state index contributed by atoms with van der Waals surface area (Å²) in [6.45, 7) is 3.71. The molecule has 0 amide bonds. The van der Waals surface area contributed by atoms with Crippen molar-refractivity contribution < 1.29 is 8.42 Å². The molecule has 1 heterocycles. The first-order valence-corrected chi connectivity index (χ1v) is 8.73. The van der Waals surface area contributed by atoms with Gasteiger partial charge in [-0.1, -0.05) is 36.4 Å². The van der Waals surface area contributed by atoms with Crippen LogP contribution in [0, 0.1) is 0 Å². The Morgan fingerprint density at radius 3 is 2.86 bits per heavy atom. The van der Waals surface area contributed by atoms with Gasteiger partial charge in [0, 0.05) is 5.70 Å². The molecule has 0 spiro atoms. The number of hydrogen-bond donors (Lipinski definition) is 0. The van der Waals surface area contributed by atoms with Crippen molar-refractivity contribution in [2.24, 2.45) is 0 Å². The summed E-state index contributed by atoms with van der Waals surface area (Å²) in [6, 6.07) is 7.78. The number of sulfonamides is 1. The first-order valence-electron chi connectivity index (χ1n) is 7.23. The number of para-hydroxylation sites is 1. The topological polar surface area (TPSA) is 37.4 Å². The number of allylic oxidation sites excluding steroid dienone is 5. The minimum absolute atomic E-state index is 0.420. The molecule has 0 fully saturated rings. The van der Waals surface area contributed by atoms with Crippen LogP contribution < -0.4 is 4.31 Å². The zero-order valence-corrected chi connectivity index (χ0v) is 12.7. The van der Waals surface area contributed by atoms with Crippen molar-refractivity contribution in [3.8, 4) is 0 Å². The Bertz CT molecular complexity index is 716. The van der Waals surface area contributed by atoms with E-state index in [1.165, 1.54) is 0 Å². The van der Waals surface area contributed by atoms with Gasteiger partial charge < -0.3 is 0 Å². The van der Waals surface area contributed by atoms with Gasteiger partial charge in [-0.15, -0.1) is 6.58 Å². The van der Waals surface area contributed by atoms with Crippen LogP contribution in [0.4, 0.5) is 5.69 Å². The summed E-state index contributed by atoms with van der Waals surface area (Å²) in [4.78, 5) is 0. The second kappa shape index (κ2) is 5.53. The maximum atomic E-state index is 13.0. The number of nitrogens with zero attached hydrogens (tertiary/aromatic N) is 1. The van der Waals surface area contributed by atoms with E-state index in [1.54, 1.807) is 10.4 Å². The van der Waals surface area contributed by atoms with Crippen molar-refractivity contribution in [2.45, 2.75) is 30.9 Å². The number of rotatable bonds is 3. The number of fused-ring (bicyclic) bond motifs is 1. The van der Waals surface area contributed by atoms with Gasteiger partial charge in [-0.2, -0.15) is 0 Å². The van der Waals surface area contributed by atoms with E-state index in [1.807, 2.05) is 36.4 Å². The fourth-order valence-corrected chi connectivity index (χ4v) is 4.99. The highest BCUT2D eigenvalue weighted by atomic mass is 32.2. The molecule has 0 radical (unpaired) electrons. The molecule has 1 aromatic rings. The molecule has 0 aromatic heterocycles. The summed E-state index contributed by atoms with van der Waals surface area (Å²) >= 11 is 0. The third-order valence-electron chi connectivity index (χ3n) is 4.02. The summed E-state index contributed by atoms with van der Waals surface area (Å²) < 4.78 is 27.5. The number of anilines is 1. The average molecular weight is 301 g/mol. The highest BCUT2D eigenvalue weighted by Crippen LogP contribution is 2.38. The highest BCUT2D eigenvalue weighted by molar-refractivity contribution is 7.93. The lowest BCUT2D eigenvalue weighted by Gasteiger charge is -2.37. The molecule has 3 rings (SSSR count). The zero-order chi connectivity index (χ0) is 14.9. The predicted octanol–water partition coefficient (Wildman–Crippen LogP) is 3.56. The lowest BCUT2D eigenvalue weighted by atomic mass is 10.0. The van der Waals surface area contributed by atoms with Gasteiger partial charge in [0.1, 0.15) is 0 Å². The number of benzene rings is 1. The van der Waals surface area contributed by atoms with E-state index in [9.17, 15) is 8.42 Å². The van der Waals surface area contributed by atoms with Crippen molar-refractivity contribution in [2.75, 3.05) is 4.31 Å². The van der Waals surface area contributed by atoms with Gasteiger partial charge in [0.25, 0.3) is 0 Å². The fraction of sp³-hybridized carbons (Fsp3) is 0.294. The Kier molecular flexibility index (Phi) is 3.72. The Hall–Kier alpha value is -1.81. The summed E-state index contributed by atoms with van der Waals surface area (Å²) in [5, 5.41) is -0.420. The molecule has 1 aliphatic carbocycles. The van der Waals surface area contributed by atoms with Gasteiger partial charge in [-0.05, 0) is 43.4 Å². The normalized spacial score (nSPS) is 23.3. The van der Waals surface area contributed by atoms with E-state index < -0.39 is 15.3 Å². The van der Waals surface area contributed by atoms with Gasteiger partial charge in [0.05, 0.1) is 10.9 Å². The fourth-order valence-electron chi connectivity index (χ4n) is 2.99. The molecule has 0 saturated carbocycles. The van der Waals surface area contributed by atoms with E-state index in [2.05, 4.69) is 12.7 Å². The van der Waals surface area contributed by atoms with Crippen LogP contribution in [0.2, 0.25) is 0 Å². The Morgan fingerprint density at radius 1 is 1.33 bits per heavy atom. The third-order valence-corrected chi connectivity index (χ3v) is 6.16. The van der Waals surface area contributed by atoms with Crippen LogP contribution in [-0.4, -0.2) is 13.7 Å². The van der Waals surface area contributed by atoms with Gasteiger partial charge >= 0.3 is 0 Å². The molecule has 1 aliphatic heterocycles. The van der Waals surface area contributed by atoms with E-state index in [0.717, 1.165) is 29.8 Å². The Morgan fingerprint density at radius 2 is 2.14 bits per heavy atom. The molecular formula is C17H19NO2S. The van der Waals surface area contributed by atoms with Crippen LogP contribution in [0.1, 0.15) is 24.8 Å². The molecule has 0 bridgehead atoms. The van der Waals surface area contributed by atoms with E-state index in [-0.39, 0.29) is 0 Å². The smallest absolute Gasteiger partial charge is 0.242 e. The monoisotopic (exact) mass is 301 g/mol. The van der Waals surface area contributed by atoms with Crippen molar-refractivity contribution >= 4 is 15.7 Å². The quantitative estimate of drug-likeness (QED) is 0.801. The van der Waals surface area contributed by atoms with Crippen LogP contribution in [0.5, 0.6) is 0 Å². The van der Waals surface area contributed by atoms with Crippen LogP contribution in [0.15, 0.2) is 60.8 Å². The second-order valence-electron chi connectivity index (χ2n) is 5.41. The summed E-state index contributed by atoms with van der Waals surface area (Å²) in [5.41, 5.74) is 2.76. The van der Waals surface area contributed by atoms with Crippen molar-refractivity contribution in [3.63, 3.8) is 0 Å². The Balaban J connectivity index is 2.15. The Labute approximate surface area is 126 Å². The third kappa shape index (κ3) is 2.44. The molecule has 21 heavy (non-hydrogen) atoms. The summed E-state index contributed by atoms with van der Waals surface area (Å²) in [6.07, 6.45) is 10.3. The second-order valence-corrected chi connectivity index (χ2v) is 7.48. The van der Waals surface area contributed by atoms with Crippen LogP contribution in [-0.2, 0) is 16.4 Å². The SMILES string of the molecule is C=CCC1Cc2ccccc2N(C2=CC=CCC2)S1(=O)=O. The molecule has 4 heteroatoms. The van der Waals surface area contributed by atoms with E-state index in [4.69, 9.17) is 0 Å². The molecule has 3 nitrogen and oxygen atoms in total. The largest absolute Gasteiger partial charge is 0.242 e. The molecule has 1 aromatic carbocycles. The van der Waals surface area contributed by atoms with E-state index in [0.29, 0.717) is 12.8 Å². The van der Waals surface area contributed by atoms with Crippen LogP contribution >= 0.6 is 0 Å².